The topological polar surface area (TPSA) is 73.5 Å². The Hall–Kier alpha value is -2.06. The second-order valence-corrected chi connectivity index (χ2v) is 7.26. The number of rotatable bonds is 6. The number of halogens is 2. The van der Waals surface area contributed by atoms with Gasteiger partial charge >= 0.3 is 0 Å². The lowest BCUT2D eigenvalue weighted by Gasteiger charge is -2.25. The van der Waals surface area contributed by atoms with Gasteiger partial charge in [0, 0.05) is 30.8 Å². The van der Waals surface area contributed by atoms with Crippen LogP contribution in [0.1, 0.15) is 32.1 Å². The van der Waals surface area contributed by atoms with Crippen molar-refractivity contribution in [1.82, 2.24) is 10.2 Å². The van der Waals surface area contributed by atoms with Gasteiger partial charge in [-0.1, -0.05) is 12.5 Å². The molecule has 1 aromatic rings. The Balaban J connectivity index is 1.48. The minimum atomic E-state index is -2.85. The summed E-state index contributed by atoms with van der Waals surface area (Å²) in [6, 6.07) is 5.81. The fourth-order valence-electron chi connectivity index (χ4n) is 3.47. The maximum atomic E-state index is 13.2. The summed E-state index contributed by atoms with van der Waals surface area (Å²) in [4.78, 5) is 26.6. The molecular weight excluding hydrogens is 354 g/mol. The zero-order valence-electron chi connectivity index (χ0n) is 15.3. The minimum absolute atomic E-state index is 0.0823. The van der Waals surface area contributed by atoms with Crippen LogP contribution in [0.5, 0.6) is 0 Å². The Morgan fingerprint density at radius 3 is 2.52 bits per heavy atom. The summed E-state index contributed by atoms with van der Waals surface area (Å²) in [5.74, 6) is -3.44. The minimum Gasteiger partial charge on any atom is -0.326 e. The van der Waals surface area contributed by atoms with Crippen LogP contribution >= 0.6 is 0 Å². The summed E-state index contributed by atoms with van der Waals surface area (Å²) < 4.78 is 26.4. The summed E-state index contributed by atoms with van der Waals surface area (Å²) in [5, 5.41) is 7.98. The summed E-state index contributed by atoms with van der Waals surface area (Å²) in [6.45, 7) is 2.34. The molecule has 148 valence electrons. The fraction of sp³-hybridized carbons (Fsp3) is 0.579. The van der Waals surface area contributed by atoms with Crippen molar-refractivity contribution in [2.45, 2.75) is 44.1 Å². The normalized spacial score (nSPS) is 22.4. The summed E-state index contributed by atoms with van der Waals surface area (Å²) in [5.41, 5.74) is 1.03. The van der Waals surface area contributed by atoms with Crippen LogP contribution in [0.15, 0.2) is 24.3 Å². The van der Waals surface area contributed by atoms with E-state index in [-0.39, 0.29) is 5.91 Å². The Bertz CT molecular complexity index is 677. The average molecular weight is 380 g/mol. The molecule has 3 N–H and O–H groups in total. The van der Waals surface area contributed by atoms with Crippen molar-refractivity contribution in [2.75, 3.05) is 36.8 Å². The molecule has 0 radical (unpaired) electrons. The quantitative estimate of drug-likeness (QED) is 0.709. The predicted octanol–water partition coefficient (Wildman–Crippen LogP) is 2.44. The Morgan fingerprint density at radius 2 is 1.85 bits per heavy atom. The van der Waals surface area contributed by atoms with E-state index in [4.69, 9.17) is 0 Å². The van der Waals surface area contributed by atoms with E-state index in [0.29, 0.717) is 17.8 Å². The molecule has 0 bridgehead atoms. The molecule has 27 heavy (non-hydrogen) atoms. The molecule has 0 spiro atoms. The third-order valence-corrected chi connectivity index (χ3v) is 4.94. The van der Waals surface area contributed by atoms with Gasteiger partial charge in [0.15, 0.2) is 0 Å². The van der Waals surface area contributed by atoms with E-state index in [2.05, 4.69) is 20.9 Å². The number of hydrogen-bond acceptors (Lipinski definition) is 4. The van der Waals surface area contributed by atoms with Crippen molar-refractivity contribution in [3.05, 3.63) is 24.3 Å². The first-order valence-corrected chi connectivity index (χ1v) is 9.46. The number of piperidine rings is 1. The smallest absolute Gasteiger partial charge is 0.262 e. The highest BCUT2D eigenvalue weighted by atomic mass is 19.3. The van der Waals surface area contributed by atoms with Gasteiger partial charge in [-0.05, 0) is 44.1 Å². The van der Waals surface area contributed by atoms with Crippen LogP contribution in [-0.4, -0.2) is 54.9 Å². The van der Waals surface area contributed by atoms with Crippen molar-refractivity contribution in [3.63, 3.8) is 0 Å². The van der Waals surface area contributed by atoms with Gasteiger partial charge in [0.05, 0.1) is 12.6 Å². The van der Waals surface area contributed by atoms with Gasteiger partial charge in [-0.3, -0.25) is 14.9 Å². The maximum Gasteiger partial charge on any atom is 0.262 e. The summed E-state index contributed by atoms with van der Waals surface area (Å²) in [6.07, 6.45) is 3.54. The first kappa shape index (κ1) is 19.7. The summed E-state index contributed by atoms with van der Waals surface area (Å²) >= 11 is 0. The molecule has 8 heteroatoms. The van der Waals surface area contributed by atoms with Crippen LogP contribution in [0.2, 0.25) is 0 Å². The van der Waals surface area contributed by atoms with Gasteiger partial charge < -0.3 is 15.5 Å². The molecule has 2 aliphatic rings. The molecule has 6 nitrogen and oxygen atoms in total. The number of carbonyl (C=O) groups excluding carboxylic acids is 2. The lowest BCUT2D eigenvalue weighted by atomic mass is 10.1. The van der Waals surface area contributed by atoms with E-state index < -0.39 is 30.8 Å². The molecule has 2 amide bonds. The number of nitrogens with one attached hydrogen (secondary N) is 3. The lowest BCUT2D eigenvalue weighted by Crippen LogP contribution is -2.35. The molecule has 0 saturated carbocycles. The molecule has 3 rings (SSSR count). The average Bonchev–Trinajstić information content (AvgIpc) is 3.01. The van der Waals surface area contributed by atoms with Gasteiger partial charge in [0.2, 0.25) is 11.8 Å². The molecule has 0 aliphatic carbocycles. The maximum absolute atomic E-state index is 13.2. The number of nitrogens with zero attached hydrogens (tertiary/aromatic N) is 1. The van der Waals surface area contributed by atoms with Crippen LogP contribution in [0.25, 0.3) is 0 Å². The van der Waals surface area contributed by atoms with Crippen molar-refractivity contribution in [3.8, 4) is 0 Å². The van der Waals surface area contributed by atoms with Crippen molar-refractivity contribution in [2.24, 2.45) is 0 Å². The molecule has 2 heterocycles. The number of carbonyl (C=O) groups is 2. The van der Waals surface area contributed by atoms with E-state index in [9.17, 15) is 18.4 Å². The van der Waals surface area contributed by atoms with E-state index in [0.717, 1.165) is 19.6 Å². The number of likely N-dealkylation sites (tertiary alicyclic amines) is 1. The highest BCUT2D eigenvalue weighted by molar-refractivity contribution is 5.96. The Kier molecular flexibility index (Phi) is 6.38. The van der Waals surface area contributed by atoms with E-state index in [1.165, 1.54) is 19.3 Å². The number of alkyl halides is 2. The number of hydrogen-bond donors (Lipinski definition) is 3. The van der Waals surface area contributed by atoms with Crippen LogP contribution < -0.4 is 16.0 Å². The van der Waals surface area contributed by atoms with Crippen molar-refractivity contribution < 1.29 is 18.4 Å². The van der Waals surface area contributed by atoms with Crippen LogP contribution in [0.4, 0.5) is 20.2 Å². The van der Waals surface area contributed by atoms with E-state index >= 15 is 0 Å². The monoisotopic (exact) mass is 380 g/mol. The summed E-state index contributed by atoms with van der Waals surface area (Å²) in [7, 11) is 0. The second-order valence-electron chi connectivity index (χ2n) is 7.26. The predicted molar refractivity (Wildman–Crippen MR) is 100.0 cm³/mol. The molecule has 1 aromatic carbocycles. The van der Waals surface area contributed by atoms with Gasteiger partial charge in [-0.25, -0.2) is 8.78 Å². The Labute approximate surface area is 157 Å². The van der Waals surface area contributed by atoms with Crippen LogP contribution in [0, 0.1) is 0 Å². The highest BCUT2D eigenvalue weighted by Gasteiger charge is 2.42. The zero-order valence-corrected chi connectivity index (χ0v) is 15.3. The first-order chi connectivity index (χ1) is 12.9. The third-order valence-electron chi connectivity index (χ3n) is 4.94. The second kappa shape index (κ2) is 8.75. The lowest BCUT2D eigenvalue weighted by molar-refractivity contribution is -0.118. The number of anilines is 2. The van der Waals surface area contributed by atoms with Gasteiger partial charge in [0.25, 0.3) is 5.92 Å². The van der Waals surface area contributed by atoms with E-state index in [1.54, 1.807) is 24.3 Å². The van der Waals surface area contributed by atoms with Crippen LogP contribution in [0.3, 0.4) is 0 Å². The molecule has 0 aromatic heterocycles. The molecular formula is C19H26F2N4O2. The molecule has 2 fully saturated rings. The van der Waals surface area contributed by atoms with Crippen molar-refractivity contribution in [1.29, 1.82) is 0 Å². The molecule has 1 unspecified atom stereocenters. The van der Waals surface area contributed by atoms with Crippen molar-refractivity contribution >= 4 is 23.2 Å². The van der Waals surface area contributed by atoms with Crippen LogP contribution in [-0.2, 0) is 9.59 Å². The number of amides is 2. The SMILES string of the molecule is O=C(CCN1CCCCC1)Nc1cccc(NC(=O)C2CC(F)(F)CN2)c1. The Morgan fingerprint density at radius 1 is 1.15 bits per heavy atom. The van der Waals surface area contributed by atoms with E-state index in [1.807, 2.05) is 0 Å². The molecule has 2 aliphatic heterocycles. The van der Waals surface area contributed by atoms with Gasteiger partial charge in [0.1, 0.15) is 0 Å². The zero-order chi connectivity index (χ0) is 19.3. The highest BCUT2D eigenvalue weighted by Crippen LogP contribution is 2.26. The number of benzene rings is 1. The largest absolute Gasteiger partial charge is 0.326 e. The molecule has 1 atom stereocenters. The fourth-order valence-corrected chi connectivity index (χ4v) is 3.47. The van der Waals surface area contributed by atoms with Gasteiger partial charge in [-0.15, -0.1) is 0 Å². The third kappa shape index (κ3) is 5.97. The standard InChI is InChI=1S/C19H26F2N4O2/c20-19(21)12-16(22-13-19)18(27)24-15-6-4-5-14(11-15)23-17(26)7-10-25-8-2-1-3-9-25/h4-6,11,16,22H,1-3,7-10,12-13H2,(H,23,26)(H,24,27). The van der Waals surface area contributed by atoms with Gasteiger partial charge in [-0.2, -0.15) is 0 Å². The first-order valence-electron chi connectivity index (χ1n) is 9.46. The molecule has 2 saturated heterocycles.